The summed E-state index contributed by atoms with van der Waals surface area (Å²) in [4.78, 5) is 27.1. The summed E-state index contributed by atoms with van der Waals surface area (Å²) in [6.07, 6.45) is 4.23. The lowest BCUT2D eigenvalue weighted by Crippen LogP contribution is -2.56. The summed E-state index contributed by atoms with van der Waals surface area (Å²) in [6, 6.07) is 12.3. The molecule has 1 saturated carbocycles. The fourth-order valence-electron chi connectivity index (χ4n) is 5.01. The topological polar surface area (TPSA) is 74.8 Å². The first-order chi connectivity index (χ1) is 15.7. The fraction of sp³-hybridized carbons (Fsp3) is 0.440. The molecule has 1 heterocycles. The number of carbonyl (C=O) groups is 2. The first-order valence-corrected chi connectivity index (χ1v) is 12.8. The molecule has 0 radical (unpaired) electrons. The molecule has 1 aliphatic carbocycles. The van der Waals surface area contributed by atoms with Crippen LogP contribution in [0.1, 0.15) is 54.9 Å². The summed E-state index contributed by atoms with van der Waals surface area (Å²) in [6.45, 7) is 2.41. The van der Waals surface area contributed by atoms with Crippen LogP contribution in [-0.2, 0) is 20.2 Å². The number of ketones is 1. The summed E-state index contributed by atoms with van der Waals surface area (Å²) in [5, 5.41) is 0. The number of carbonyl (C=O) groups excluding carboxylic acids is 2. The number of piperazine rings is 1. The van der Waals surface area contributed by atoms with Crippen molar-refractivity contribution in [3.05, 3.63) is 65.5 Å². The maximum absolute atomic E-state index is 14.0. The van der Waals surface area contributed by atoms with Gasteiger partial charge in [0.25, 0.3) is 0 Å². The molecule has 4 rings (SSSR count). The second-order valence-corrected chi connectivity index (χ2v) is 10.9. The number of hydrogen-bond acceptors (Lipinski definition) is 4. The third-order valence-electron chi connectivity index (χ3n) is 6.92. The van der Waals surface area contributed by atoms with Crippen molar-refractivity contribution in [2.45, 2.75) is 49.3 Å². The Balaban J connectivity index is 1.50. The van der Waals surface area contributed by atoms with Crippen LogP contribution in [0.2, 0.25) is 0 Å². The van der Waals surface area contributed by atoms with Gasteiger partial charge < -0.3 is 4.90 Å². The molecular formula is C25H29FN2O4S. The van der Waals surface area contributed by atoms with Crippen LogP contribution in [0.4, 0.5) is 4.39 Å². The van der Waals surface area contributed by atoms with Crippen molar-refractivity contribution in [3.63, 3.8) is 0 Å². The molecule has 0 spiro atoms. The highest BCUT2D eigenvalue weighted by atomic mass is 32.2. The van der Waals surface area contributed by atoms with Crippen LogP contribution in [0.3, 0.4) is 0 Å². The number of halogens is 1. The molecule has 6 nitrogen and oxygen atoms in total. The summed E-state index contributed by atoms with van der Waals surface area (Å²) in [5.74, 6) is -0.506. The number of rotatable bonds is 5. The van der Waals surface area contributed by atoms with E-state index in [2.05, 4.69) is 0 Å². The maximum atomic E-state index is 14.0. The number of hydrogen-bond donors (Lipinski definition) is 0. The van der Waals surface area contributed by atoms with E-state index in [-0.39, 0.29) is 35.5 Å². The second-order valence-electron chi connectivity index (χ2n) is 8.93. The van der Waals surface area contributed by atoms with E-state index in [4.69, 9.17) is 0 Å². The zero-order chi connectivity index (χ0) is 23.6. The van der Waals surface area contributed by atoms with E-state index in [1.807, 2.05) is 6.07 Å². The van der Waals surface area contributed by atoms with Gasteiger partial charge >= 0.3 is 0 Å². The minimum atomic E-state index is -3.72. The van der Waals surface area contributed by atoms with Crippen molar-refractivity contribution in [2.75, 3.05) is 26.2 Å². The van der Waals surface area contributed by atoms with Crippen LogP contribution >= 0.6 is 0 Å². The molecule has 0 N–H and O–H groups in total. The molecule has 2 aromatic carbocycles. The normalized spacial score (nSPS) is 19.3. The minimum Gasteiger partial charge on any atom is -0.339 e. The Bertz CT molecular complexity index is 1130. The van der Waals surface area contributed by atoms with E-state index in [0.717, 1.165) is 19.3 Å². The Morgan fingerprint density at radius 2 is 1.55 bits per heavy atom. The average Bonchev–Trinajstić information content (AvgIpc) is 2.84. The molecule has 0 bridgehead atoms. The lowest BCUT2D eigenvalue weighted by atomic mass is 9.68. The molecule has 33 heavy (non-hydrogen) atoms. The SMILES string of the molecule is CC(=O)c1ccc(S(=O)(=O)N2CCN(C(=O)C3(c4cccc(F)c4)CCCCC3)CC2)cc1. The maximum Gasteiger partial charge on any atom is 0.243 e. The van der Waals surface area contributed by atoms with Crippen LogP contribution in [0.5, 0.6) is 0 Å². The Hall–Kier alpha value is -2.58. The van der Waals surface area contributed by atoms with Gasteiger partial charge in [-0.2, -0.15) is 4.31 Å². The molecule has 0 atom stereocenters. The highest BCUT2D eigenvalue weighted by Gasteiger charge is 2.44. The first-order valence-electron chi connectivity index (χ1n) is 11.4. The van der Waals surface area contributed by atoms with Crippen molar-refractivity contribution >= 4 is 21.7 Å². The molecule has 8 heteroatoms. The highest BCUT2D eigenvalue weighted by Crippen LogP contribution is 2.41. The largest absolute Gasteiger partial charge is 0.339 e. The zero-order valence-corrected chi connectivity index (χ0v) is 19.6. The van der Waals surface area contributed by atoms with Gasteiger partial charge in [-0.25, -0.2) is 12.8 Å². The van der Waals surface area contributed by atoms with Gasteiger partial charge in [0.1, 0.15) is 5.82 Å². The lowest BCUT2D eigenvalue weighted by Gasteiger charge is -2.43. The number of benzene rings is 2. The van der Waals surface area contributed by atoms with Gasteiger partial charge in [-0.05, 0) is 49.6 Å². The molecule has 0 aromatic heterocycles. The minimum absolute atomic E-state index is 0.0318. The van der Waals surface area contributed by atoms with Crippen molar-refractivity contribution in [2.24, 2.45) is 0 Å². The molecule has 2 aromatic rings. The Kier molecular flexibility index (Phi) is 6.68. The molecule has 1 aliphatic heterocycles. The van der Waals surface area contributed by atoms with E-state index in [0.29, 0.717) is 37.1 Å². The van der Waals surface area contributed by atoms with Crippen molar-refractivity contribution in [3.8, 4) is 0 Å². The van der Waals surface area contributed by atoms with Gasteiger partial charge in [-0.15, -0.1) is 0 Å². The van der Waals surface area contributed by atoms with E-state index in [9.17, 15) is 22.4 Å². The van der Waals surface area contributed by atoms with Crippen molar-refractivity contribution < 1.29 is 22.4 Å². The van der Waals surface area contributed by atoms with Gasteiger partial charge in [-0.1, -0.05) is 43.5 Å². The quantitative estimate of drug-likeness (QED) is 0.621. The highest BCUT2D eigenvalue weighted by molar-refractivity contribution is 7.89. The van der Waals surface area contributed by atoms with Gasteiger partial charge in [-0.3, -0.25) is 9.59 Å². The number of sulfonamides is 1. The van der Waals surface area contributed by atoms with E-state index in [1.54, 1.807) is 11.0 Å². The van der Waals surface area contributed by atoms with Gasteiger partial charge in [0.05, 0.1) is 10.3 Å². The van der Waals surface area contributed by atoms with E-state index < -0.39 is 15.4 Å². The van der Waals surface area contributed by atoms with Crippen molar-refractivity contribution in [1.29, 1.82) is 0 Å². The molecule has 0 unspecified atom stereocenters. The lowest BCUT2D eigenvalue weighted by molar-refractivity contribution is -0.140. The van der Waals surface area contributed by atoms with Gasteiger partial charge in [0, 0.05) is 31.7 Å². The van der Waals surface area contributed by atoms with E-state index in [1.165, 1.54) is 47.6 Å². The van der Waals surface area contributed by atoms with Crippen LogP contribution < -0.4 is 0 Å². The second kappa shape index (κ2) is 9.35. The van der Waals surface area contributed by atoms with Gasteiger partial charge in [0.2, 0.25) is 15.9 Å². The number of Topliss-reactive ketones (excluding diaryl/α,β-unsaturated/α-hetero) is 1. The summed E-state index contributed by atoms with van der Waals surface area (Å²) in [5.41, 5.74) is 0.427. The van der Waals surface area contributed by atoms with Crippen molar-refractivity contribution in [1.82, 2.24) is 9.21 Å². The fourth-order valence-corrected chi connectivity index (χ4v) is 6.43. The third kappa shape index (κ3) is 4.59. The zero-order valence-electron chi connectivity index (χ0n) is 18.8. The summed E-state index contributed by atoms with van der Waals surface area (Å²) in [7, 11) is -3.72. The molecule has 2 aliphatic rings. The van der Waals surface area contributed by atoms with Crippen LogP contribution in [-0.4, -0.2) is 55.5 Å². The van der Waals surface area contributed by atoms with Crippen LogP contribution in [0.15, 0.2) is 53.4 Å². The molecule has 176 valence electrons. The monoisotopic (exact) mass is 472 g/mol. The molecular weight excluding hydrogens is 443 g/mol. The molecule has 1 saturated heterocycles. The Labute approximate surface area is 194 Å². The standard InChI is InChI=1S/C25H29FN2O4S/c1-19(29)20-8-10-23(11-9-20)33(31,32)28-16-14-27(15-17-28)24(30)25(12-3-2-4-13-25)21-6-5-7-22(26)18-21/h5-11,18H,2-4,12-17H2,1H3. The average molecular weight is 473 g/mol. The Morgan fingerprint density at radius 3 is 2.12 bits per heavy atom. The third-order valence-corrected chi connectivity index (χ3v) is 8.83. The van der Waals surface area contributed by atoms with Crippen LogP contribution in [0.25, 0.3) is 0 Å². The Morgan fingerprint density at radius 1 is 0.909 bits per heavy atom. The van der Waals surface area contributed by atoms with Gasteiger partial charge in [0.15, 0.2) is 5.78 Å². The summed E-state index contributed by atoms with van der Waals surface area (Å²) < 4.78 is 41.5. The predicted octanol–water partition coefficient (Wildman–Crippen LogP) is 3.76. The smallest absolute Gasteiger partial charge is 0.243 e. The summed E-state index contributed by atoms with van der Waals surface area (Å²) >= 11 is 0. The van der Waals surface area contributed by atoms with Crippen LogP contribution in [0, 0.1) is 5.82 Å². The molecule has 2 fully saturated rings. The predicted molar refractivity (Wildman–Crippen MR) is 123 cm³/mol. The van der Waals surface area contributed by atoms with E-state index >= 15 is 0 Å². The molecule has 1 amide bonds. The first kappa shape index (κ1) is 23.6. The number of amides is 1. The number of nitrogens with zero attached hydrogens (tertiary/aromatic N) is 2.